The van der Waals surface area contributed by atoms with Gasteiger partial charge in [0.25, 0.3) is 0 Å². The first-order valence-electron chi connectivity index (χ1n) is 14.6. The monoisotopic (exact) mass is 543 g/mol. The van der Waals surface area contributed by atoms with Crippen molar-refractivity contribution in [3.05, 3.63) is 139 Å². The zero-order chi connectivity index (χ0) is 28.9. The van der Waals surface area contributed by atoms with E-state index in [0.717, 1.165) is 22.3 Å². The maximum absolute atomic E-state index is 5.07. The van der Waals surface area contributed by atoms with Gasteiger partial charge < -0.3 is 0 Å². The highest BCUT2D eigenvalue weighted by Crippen LogP contribution is 2.56. The highest BCUT2D eigenvalue weighted by Gasteiger charge is 2.46. The molecule has 1 aliphatic rings. The molecule has 42 heavy (non-hydrogen) atoms. The zero-order valence-corrected chi connectivity index (χ0v) is 24.5. The molecule has 204 valence electrons. The Labute approximate surface area is 248 Å². The summed E-state index contributed by atoms with van der Waals surface area (Å²) in [6.07, 6.45) is 0. The van der Waals surface area contributed by atoms with Crippen molar-refractivity contribution in [2.24, 2.45) is 0 Å². The molecular weight excluding hydrogens is 510 g/mol. The average Bonchev–Trinajstić information content (AvgIpc) is 3.04. The summed E-state index contributed by atoms with van der Waals surface area (Å²) in [5.74, 6) is 2.00. The molecule has 6 aromatic rings. The minimum absolute atomic E-state index is 0.0296. The van der Waals surface area contributed by atoms with Crippen LogP contribution in [0.1, 0.15) is 38.8 Å². The van der Waals surface area contributed by atoms with Crippen LogP contribution in [-0.4, -0.2) is 15.0 Å². The van der Waals surface area contributed by atoms with Crippen molar-refractivity contribution in [1.29, 1.82) is 0 Å². The van der Waals surface area contributed by atoms with Gasteiger partial charge in [0.05, 0.1) is 0 Å². The number of rotatable bonds is 4. The molecule has 0 N–H and O–H groups in total. The summed E-state index contributed by atoms with van der Waals surface area (Å²) < 4.78 is 0. The molecule has 0 atom stereocenters. The molecule has 0 spiro atoms. The second-order valence-corrected chi connectivity index (χ2v) is 12.1. The Morgan fingerprint density at radius 1 is 0.357 bits per heavy atom. The van der Waals surface area contributed by atoms with Crippen LogP contribution in [0, 0.1) is 0 Å². The summed E-state index contributed by atoms with van der Waals surface area (Å²) in [6, 6.07) is 44.5. The fraction of sp³-hybridized carbons (Fsp3) is 0.154. The van der Waals surface area contributed by atoms with Crippen LogP contribution < -0.4 is 0 Å². The molecule has 0 bridgehead atoms. The van der Waals surface area contributed by atoms with Gasteiger partial charge in [-0.3, -0.25) is 0 Å². The van der Waals surface area contributed by atoms with Crippen LogP contribution in [0.3, 0.4) is 0 Å². The molecule has 1 aromatic heterocycles. The molecule has 3 heteroatoms. The van der Waals surface area contributed by atoms with Gasteiger partial charge in [-0.1, -0.05) is 155 Å². The molecule has 0 amide bonds. The SMILES string of the molecule is CC1(C)c2ccccc2-c2c(-c3ccccc3-c3nc(-c4ccccc4)nc(-c4ccccc4)n3)cccc2C1(C)C. The first-order chi connectivity index (χ1) is 20.4. The van der Waals surface area contributed by atoms with E-state index in [1.54, 1.807) is 0 Å². The molecule has 7 rings (SSSR count). The van der Waals surface area contributed by atoms with E-state index in [0.29, 0.717) is 17.5 Å². The van der Waals surface area contributed by atoms with Gasteiger partial charge >= 0.3 is 0 Å². The van der Waals surface area contributed by atoms with Crippen molar-refractivity contribution in [3.8, 4) is 56.4 Å². The number of benzene rings is 5. The third kappa shape index (κ3) is 4.08. The molecule has 0 unspecified atom stereocenters. The second-order valence-electron chi connectivity index (χ2n) is 12.1. The number of fused-ring (bicyclic) bond motifs is 3. The summed E-state index contributed by atoms with van der Waals surface area (Å²) in [7, 11) is 0. The average molecular weight is 544 g/mol. The maximum Gasteiger partial charge on any atom is 0.164 e. The lowest BCUT2D eigenvalue weighted by Gasteiger charge is -2.48. The normalized spacial score (nSPS) is 14.6. The fourth-order valence-corrected chi connectivity index (χ4v) is 6.35. The Kier molecular flexibility index (Phi) is 6.13. The first kappa shape index (κ1) is 26.0. The van der Waals surface area contributed by atoms with Crippen LogP contribution in [0.4, 0.5) is 0 Å². The van der Waals surface area contributed by atoms with Gasteiger partial charge in [0.1, 0.15) is 0 Å². The molecule has 1 aliphatic carbocycles. The first-order valence-corrected chi connectivity index (χ1v) is 14.6. The van der Waals surface area contributed by atoms with Gasteiger partial charge in [-0.25, -0.2) is 15.0 Å². The van der Waals surface area contributed by atoms with Gasteiger partial charge in [-0.05, 0) is 44.2 Å². The van der Waals surface area contributed by atoms with Crippen LogP contribution >= 0.6 is 0 Å². The summed E-state index contributed by atoms with van der Waals surface area (Å²) in [5.41, 5.74) is 10.5. The van der Waals surface area contributed by atoms with Crippen molar-refractivity contribution in [2.45, 2.75) is 38.5 Å². The molecule has 3 nitrogen and oxygen atoms in total. The summed E-state index contributed by atoms with van der Waals surface area (Å²) in [5, 5.41) is 0. The van der Waals surface area contributed by atoms with E-state index in [2.05, 4.69) is 94.4 Å². The largest absolute Gasteiger partial charge is 0.208 e. The minimum Gasteiger partial charge on any atom is -0.208 e. The molecule has 0 saturated carbocycles. The third-order valence-electron chi connectivity index (χ3n) is 9.33. The van der Waals surface area contributed by atoms with Crippen LogP contribution in [0.2, 0.25) is 0 Å². The lowest BCUT2D eigenvalue weighted by atomic mass is 9.55. The van der Waals surface area contributed by atoms with E-state index in [9.17, 15) is 0 Å². The number of aromatic nitrogens is 3. The van der Waals surface area contributed by atoms with Crippen LogP contribution in [-0.2, 0) is 10.8 Å². The topological polar surface area (TPSA) is 38.7 Å². The lowest BCUT2D eigenvalue weighted by molar-refractivity contribution is 0.299. The molecule has 0 radical (unpaired) electrons. The zero-order valence-electron chi connectivity index (χ0n) is 24.5. The standard InChI is InChI=1S/C39H33N3/c1-38(2)32-24-14-13-22-31(32)34-29(23-15-25-33(34)39(38,3)4)28-20-11-12-21-30(28)37-41-35(26-16-7-5-8-17-26)40-36(42-37)27-18-9-6-10-19-27/h5-25H,1-4H3. The quantitative estimate of drug-likeness (QED) is 0.222. The predicted molar refractivity (Wildman–Crippen MR) is 173 cm³/mol. The Bertz CT molecular complexity index is 1860. The summed E-state index contributed by atoms with van der Waals surface area (Å²) in [4.78, 5) is 15.1. The van der Waals surface area contributed by atoms with E-state index < -0.39 is 0 Å². The number of hydrogen-bond donors (Lipinski definition) is 0. The van der Waals surface area contributed by atoms with Gasteiger partial charge in [-0.2, -0.15) is 0 Å². The highest BCUT2D eigenvalue weighted by atomic mass is 15.0. The van der Waals surface area contributed by atoms with E-state index in [4.69, 9.17) is 15.0 Å². The Morgan fingerprint density at radius 3 is 1.40 bits per heavy atom. The van der Waals surface area contributed by atoms with E-state index >= 15 is 0 Å². The lowest BCUT2D eigenvalue weighted by Crippen LogP contribution is -2.43. The Balaban J connectivity index is 1.49. The van der Waals surface area contributed by atoms with Crippen LogP contribution in [0.25, 0.3) is 56.4 Å². The second kappa shape index (κ2) is 9.88. The van der Waals surface area contributed by atoms with Crippen LogP contribution in [0.5, 0.6) is 0 Å². The molecule has 5 aromatic carbocycles. The van der Waals surface area contributed by atoms with E-state index in [-0.39, 0.29) is 10.8 Å². The van der Waals surface area contributed by atoms with Crippen molar-refractivity contribution in [2.75, 3.05) is 0 Å². The summed E-state index contributed by atoms with van der Waals surface area (Å²) in [6.45, 7) is 9.50. The van der Waals surface area contributed by atoms with Gasteiger partial charge in [0.15, 0.2) is 17.5 Å². The van der Waals surface area contributed by atoms with Gasteiger partial charge in [0.2, 0.25) is 0 Å². The Morgan fingerprint density at radius 2 is 0.786 bits per heavy atom. The molecule has 0 saturated heterocycles. The highest BCUT2D eigenvalue weighted by molar-refractivity contribution is 5.94. The van der Waals surface area contributed by atoms with Crippen molar-refractivity contribution < 1.29 is 0 Å². The summed E-state index contributed by atoms with van der Waals surface area (Å²) >= 11 is 0. The van der Waals surface area contributed by atoms with Crippen molar-refractivity contribution in [1.82, 2.24) is 15.0 Å². The molecular formula is C39H33N3. The molecule has 0 aliphatic heterocycles. The van der Waals surface area contributed by atoms with Gasteiger partial charge in [-0.15, -0.1) is 0 Å². The third-order valence-corrected chi connectivity index (χ3v) is 9.33. The maximum atomic E-state index is 5.07. The number of hydrogen-bond acceptors (Lipinski definition) is 3. The molecule has 0 fully saturated rings. The molecule has 1 heterocycles. The van der Waals surface area contributed by atoms with Crippen LogP contribution in [0.15, 0.2) is 127 Å². The van der Waals surface area contributed by atoms with Crippen molar-refractivity contribution in [3.63, 3.8) is 0 Å². The minimum atomic E-state index is -0.0736. The smallest absolute Gasteiger partial charge is 0.164 e. The van der Waals surface area contributed by atoms with Crippen molar-refractivity contribution >= 4 is 0 Å². The van der Waals surface area contributed by atoms with E-state index in [1.165, 1.54) is 27.8 Å². The Hall–Kier alpha value is -4.89. The van der Waals surface area contributed by atoms with Gasteiger partial charge in [0, 0.05) is 16.7 Å². The fourth-order valence-electron chi connectivity index (χ4n) is 6.35. The van der Waals surface area contributed by atoms with E-state index in [1.807, 2.05) is 60.7 Å². The predicted octanol–water partition coefficient (Wildman–Crippen LogP) is 9.78. The number of nitrogens with zero attached hydrogens (tertiary/aromatic N) is 3.